The molecule has 3 rings (SSSR count). The molecule has 1 heterocycles. The molecule has 1 aliphatic heterocycles. The van der Waals surface area contributed by atoms with Gasteiger partial charge in [0.25, 0.3) is 0 Å². The lowest BCUT2D eigenvalue weighted by molar-refractivity contribution is -0.126. The van der Waals surface area contributed by atoms with Gasteiger partial charge in [-0.2, -0.15) is 11.8 Å². The second-order valence-electron chi connectivity index (χ2n) is 7.83. The number of rotatable bonds is 8. The average Bonchev–Trinajstić information content (AvgIpc) is 2.71. The Morgan fingerprint density at radius 3 is 2.71 bits per heavy atom. The zero-order valence-electron chi connectivity index (χ0n) is 17.1. The van der Waals surface area contributed by atoms with Crippen molar-refractivity contribution in [2.75, 3.05) is 25.4 Å². The van der Waals surface area contributed by atoms with Crippen LogP contribution < -0.4 is 5.32 Å². The van der Waals surface area contributed by atoms with Crippen molar-refractivity contribution in [1.82, 2.24) is 10.2 Å². The molecule has 0 spiro atoms. The maximum atomic E-state index is 12.6. The topological polar surface area (TPSA) is 32.3 Å². The molecule has 1 fully saturated rings. The van der Waals surface area contributed by atoms with Gasteiger partial charge in [-0.15, -0.1) is 0 Å². The van der Waals surface area contributed by atoms with Crippen molar-refractivity contribution in [2.24, 2.45) is 5.92 Å². The molecule has 2 aromatic carbocycles. The van der Waals surface area contributed by atoms with Gasteiger partial charge in [0.15, 0.2) is 0 Å². The van der Waals surface area contributed by atoms with E-state index < -0.39 is 0 Å². The first-order valence-corrected chi connectivity index (χ1v) is 11.4. The largest absolute Gasteiger partial charge is 0.355 e. The average molecular weight is 397 g/mol. The van der Waals surface area contributed by atoms with E-state index in [1.54, 1.807) is 0 Å². The maximum absolute atomic E-state index is 12.6. The second kappa shape index (κ2) is 10.7. The Balaban J connectivity index is 1.36. The third-order valence-corrected chi connectivity index (χ3v) is 6.48. The molecule has 1 saturated heterocycles. The number of piperidine rings is 1. The molecule has 1 atom stereocenters. The Morgan fingerprint density at radius 1 is 1.14 bits per heavy atom. The monoisotopic (exact) mass is 396 g/mol. The number of likely N-dealkylation sites (tertiary alicyclic amines) is 1. The number of carbonyl (C=O) groups excluding carboxylic acids is 1. The maximum Gasteiger partial charge on any atom is 0.224 e. The van der Waals surface area contributed by atoms with Crippen molar-refractivity contribution in [3.63, 3.8) is 0 Å². The Kier molecular flexibility index (Phi) is 7.99. The minimum Gasteiger partial charge on any atom is -0.355 e. The van der Waals surface area contributed by atoms with Gasteiger partial charge in [-0.3, -0.25) is 9.69 Å². The van der Waals surface area contributed by atoms with Gasteiger partial charge in [0.1, 0.15) is 0 Å². The van der Waals surface area contributed by atoms with Gasteiger partial charge in [-0.25, -0.2) is 0 Å². The molecule has 4 heteroatoms. The van der Waals surface area contributed by atoms with Crippen molar-refractivity contribution in [3.8, 4) is 0 Å². The number of benzene rings is 2. The van der Waals surface area contributed by atoms with Crippen LogP contribution in [0.3, 0.4) is 0 Å². The summed E-state index contributed by atoms with van der Waals surface area (Å²) < 4.78 is 0. The van der Waals surface area contributed by atoms with Crippen molar-refractivity contribution < 1.29 is 4.79 Å². The van der Waals surface area contributed by atoms with Gasteiger partial charge < -0.3 is 5.32 Å². The SMILES string of the molecule is Cc1ccc(CN2CCCC(C(=O)NCCSCc3ccccc3C)C2)cc1. The van der Waals surface area contributed by atoms with E-state index in [1.165, 1.54) is 22.3 Å². The van der Waals surface area contributed by atoms with E-state index in [0.29, 0.717) is 0 Å². The van der Waals surface area contributed by atoms with Crippen LogP contribution in [-0.2, 0) is 17.1 Å². The first kappa shape index (κ1) is 20.9. The summed E-state index contributed by atoms with van der Waals surface area (Å²) in [6.07, 6.45) is 2.11. The summed E-state index contributed by atoms with van der Waals surface area (Å²) in [5.74, 6) is 2.32. The minimum absolute atomic E-state index is 0.126. The molecule has 1 N–H and O–H groups in total. The van der Waals surface area contributed by atoms with Crippen molar-refractivity contribution in [3.05, 3.63) is 70.8 Å². The first-order valence-electron chi connectivity index (χ1n) is 10.3. The van der Waals surface area contributed by atoms with E-state index >= 15 is 0 Å². The first-order chi connectivity index (χ1) is 13.6. The zero-order valence-corrected chi connectivity index (χ0v) is 17.9. The van der Waals surface area contributed by atoms with Crippen LogP contribution in [-0.4, -0.2) is 36.2 Å². The summed E-state index contributed by atoms with van der Waals surface area (Å²) in [5, 5.41) is 3.16. The summed E-state index contributed by atoms with van der Waals surface area (Å²) in [6.45, 7) is 7.92. The molecule has 0 saturated carbocycles. The number of nitrogens with one attached hydrogen (secondary N) is 1. The Labute approximate surface area is 173 Å². The van der Waals surface area contributed by atoms with Crippen LogP contribution in [0.1, 0.15) is 35.1 Å². The van der Waals surface area contributed by atoms with E-state index in [0.717, 1.165) is 50.5 Å². The Morgan fingerprint density at radius 2 is 1.93 bits per heavy atom. The summed E-state index contributed by atoms with van der Waals surface area (Å²) in [4.78, 5) is 15.0. The van der Waals surface area contributed by atoms with Crippen molar-refractivity contribution >= 4 is 17.7 Å². The number of amides is 1. The number of nitrogens with zero attached hydrogens (tertiary/aromatic N) is 1. The smallest absolute Gasteiger partial charge is 0.224 e. The lowest BCUT2D eigenvalue weighted by atomic mass is 9.96. The summed E-state index contributed by atoms with van der Waals surface area (Å²) >= 11 is 1.89. The van der Waals surface area contributed by atoms with Gasteiger partial charge in [-0.05, 0) is 49.9 Å². The fraction of sp³-hybridized carbons (Fsp3) is 0.458. The van der Waals surface area contributed by atoms with E-state index in [9.17, 15) is 4.79 Å². The Bertz CT molecular complexity index is 759. The lowest BCUT2D eigenvalue weighted by Gasteiger charge is -2.32. The molecule has 0 bridgehead atoms. The number of hydrogen-bond acceptors (Lipinski definition) is 3. The van der Waals surface area contributed by atoms with Crippen LogP contribution in [0.5, 0.6) is 0 Å². The van der Waals surface area contributed by atoms with Gasteiger partial charge >= 0.3 is 0 Å². The molecule has 28 heavy (non-hydrogen) atoms. The molecule has 0 aliphatic carbocycles. The highest BCUT2D eigenvalue weighted by molar-refractivity contribution is 7.98. The predicted octanol–water partition coefficient (Wildman–Crippen LogP) is 4.57. The van der Waals surface area contributed by atoms with Crippen LogP contribution in [0.4, 0.5) is 0 Å². The number of aryl methyl sites for hydroxylation is 2. The summed E-state index contributed by atoms with van der Waals surface area (Å²) in [6, 6.07) is 17.2. The molecule has 2 aromatic rings. The van der Waals surface area contributed by atoms with Gasteiger partial charge in [0.05, 0.1) is 5.92 Å². The number of carbonyl (C=O) groups is 1. The third kappa shape index (κ3) is 6.39. The number of thioether (sulfide) groups is 1. The van der Waals surface area contributed by atoms with Gasteiger partial charge in [-0.1, -0.05) is 54.1 Å². The van der Waals surface area contributed by atoms with Crippen LogP contribution in [0.2, 0.25) is 0 Å². The fourth-order valence-corrected chi connectivity index (χ4v) is 4.64. The fourth-order valence-electron chi connectivity index (χ4n) is 3.71. The normalized spacial score (nSPS) is 17.4. The van der Waals surface area contributed by atoms with E-state index in [-0.39, 0.29) is 11.8 Å². The van der Waals surface area contributed by atoms with E-state index in [1.807, 2.05) is 11.8 Å². The standard InChI is InChI=1S/C24H32N2OS/c1-19-9-11-21(12-10-19)16-26-14-5-8-22(17-26)24(27)25-13-15-28-18-23-7-4-3-6-20(23)2/h3-4,6-7,9-12,22H,5,8,13-18H2,1-2H3,(H,25,27). The molecule has 3 nitrogen and oxygen atoms in total. The highest BCUT2D eigenvalue weighted by Gasteiger charge is 2.25. The number of hydrogen-bond donors (Lipinski definition) is 1. The molecule has 1 amide bonds. The van der Waals surface area contributed by atoms with Crippen LogP contribution in [0, 0.1) is 19.8 Å². The molecular weight excluding hydrogens is 364 g/mol. The molecule has 0 aromatic heterocycles. The lowest BCUT2D eigenvalue weighted by Crippen LogP contribution is -2.43. The summed E-state index contributed by atoms with van der Waals surface area (Å²) in [7, 11) is 0. The van der Waals surface area contributed by atoms with E-state index in [2.05, 4.69) is 72.6 Å². The molecule has 1 unspecified atom stereocenters. The van der Waals surface area contributed by atoms with Crippen LogP contribution in [0.15, 0.2) is 48.5 Å². The molecule has 150 valence electrons. The second-order valence-corrected chi connectivity index (χ2v) is 8.94. The molecular formula is C24H32N2OS. The minimum atomic E-state index is 0.126. The van der Waals surface area contributed by atoms with E-state index in [4.69, 9.17) is 0 Å². The third-order valence-electron chi connectivity index (χ3n) is 5.47. The summed E-state index contributed by atoms with van der Waals surface area (Å²) in [5.41, 5.74) is 5.35. The molecule has 0 radical (unpaired) electrons. The Hall–Kier alpha value is -1.78. The highest BCUT2D eigenvalue weighted by atomic mass is 32.2. The van der Waals surface area contributed by atoms with Gasteiger partial charge in [0, 0.05) is 31.1 Å². The van der Waals surface area contributed by atoms with Crippen molar-refractivity contribution in [1.29, 1.82) is 0 Å². The predicted molar refractivity (Wildman–Crippen MR) is 120 cm³/mol. The molecule has 1 aliphatic rings. The van der Waals surface area contributed by atoms with Crippen LogP contribution >= 0.6 is 11.8 Å². The highest BCUT2D eigenvalue weighted by Crippen LogP contribution is 2.19. The zero-order chi connectivity index (χ0) is 19.8. The van der Waals surface area contributed by atoms with Crippen molar-refractivity contribution in [2.45, 2.75) is 39.0 Å². The van der Waals surface area contributed by atoms with Gasteiger partial charge in [0.2, 0.25) is 5.91 Å². The quantitative estimate of drug-likeness (QED) is 0.664. The van der Waals surface area contributed by atoms with Crippen LogP contribution in [0.25, 0.3) is 0 Å².